The predicted molar refractivity (Wildman–Crippen MR) is 123 cm³/mol. The molecule has 4 nitrogen and oxygen atoms in total. The van der Waals surface area contributed by atoms with Crippen LogP contribution in [0, 0.1) is 11.8 Å². The minimum absolute atomic E-state index is 0.0680. The zero-order valence-electron chi connectivity index (χ0n) is 17.9. The highest BCUT2D eigenvalue weighted by Crippen LogP contribution is 2.32. The summed E-state index contributed by atoms with van der Waals surface area (Å²) in [4.78, 5) is 17.1. The normalized spacial score (nSPS) is 15.3. The number of nitrogens with zero attached hydrogens (tertiary/aromatic N) is 1. The third-order valence-corrected chi connectivity index (χ3v) is 5.17. The molecule has 0 spiro atoms. The van der Waals surface area contributed by atoms with Gasteiger partial charge in [-0.1, -0.05) is 30.0 Å². The van der Waals surface area contributed by atoms with Gasteiger partial charge >= 0.3 is 0 Å². The molecule has 2 aromatic carbocycles. The first kappa shape index (κ1) is 20.4. The van der Waals surface area contributed by atoms with E-state index >= 15 is 0 Å². The van der Waals surface area contributed by atoms with E-state index in [4.69, 9.17) is 4.74 Å². The lowest BCUT2D eigenvalue weighted by molar-refractivity contribution is 0.104. The largest absolute Gasteiger partial charge is 0.497 e. The van der Waals surface area contributed by atoms with Crippen LogP contribution in [0.2, 0.25) is 0 Å². The zero-order chi connectivity index (χ0) is 21.8. The molecule has 0 fully saturated rings. The van der Waals surface area contributed by atoms with Crippen LogP contribution < -0.4 is 10.1 Å². The molecule has 0 saturated carbocycles. The monoisotopic (exact) mass is 408 g/mol. The average molecular weight is 409 g/mol. The highest BCUT2D eigenvalue weighted by Gasteiger charge is 2.28. The summed E-state index contributed by atoms with van der Waals surface area (Å²) in [5.74, 6) is 6.93. The molecule has 1 aliphatic heterocycles. The highest BCUT2D eigenvalue weighted by atomic mass is 16.5. The van der Waals surface area contributed by atoms with Crippen LogP contribution in [0.3, 0.4) is 0 Å². The van der Waals surface area contributed by atoms with Crippen molar-refractivity contribution in [2.24, 2.45) is 0 Å². The maximum atomic E-state index is 13.1. The number of pyridine rings is 1. The number of hydrogen-bond donors (Lipinski definition) is 1. The van der Waals surface area contributed by atoms with Crippen molar-refractivity contribution in [3.8, 4) is 17.6 Å². The summed E-state index contributed by atoms with van der Waals surface area (Å²) in [7, 11) is 1.65. The smallest absolute Gasteiger partial charge is 0.187 e. The van der Waals surface area contributed by atoms with Crippen LogP contribution in [0.4, 0.5) is 0 Å². The fourth-order valence-corrected chi connectivity index (χ4v) is 3.70. The molecule has 4 rings (SSSR count). The summed E-state index contributed by atoms with van der Waals surface area (Å²) in [5.41, 5.74) is 5.13. The molecule has 1 aliphatic rings. The Bertz CT molecular complexity index is 1210. The molecule has 0 radical (unpaired) electrons. The number of rotatable bonds is 3. The summed E-state index contributed by atoms with van der Waals surface area (Å²) >= 11 is 0. The number of hydrogen-bond acceptors (Lipinski definition) is 4. The number of fused-ring (bicyclic) bond motifs is 1. The number of nitrogens with one attached hydrogen (secondary N) is 1. The molecule has 3 aromatic rings. The van der Waals surface area contributed by atoms with Crippen LogP contribution in [0.5, 0.6) is 5.75 Å². The second-order valence-corrected chi connectivity index (χ2v) is 8.20. The number of ether oxygens (including phenoxy) is 1. The van der Waals surface area contributed by atoms with Gasteiger partial charge in [0.25, 0.3) is 0 Å². The lowest BCUT2D eigenvalue weighted by Gasteiger charge is -2.35. The Hall–Kier alpha value is -3.84. The topological polar surface area (TPSA) is 51.2 Å². The van der Waals surface area contributed by atoms with Crippen LogP contribution in [0.1, 0.15) is 46.5 Å². The maximum Gasteiger partial charge on any atom is 0.187 e. The van der Waals surface area contributed by atoms with Crippen molar-refractivity contribution in [2.45, 2.75) is 25.8 Å². The molecule has 0 saturated heterocycles. The van der Waals surface area contributed by atoms with Gasteiger partial charge in [-0.3, -0.25) is 9.78 Å². The number of allylic oxidation sites excluding steroid dienone is 1. The van der Waals surface area contributed by atoms with Crippen molar-refractivity contribution in [2.75, 3.05) is 7.11 Å². The fraction of sp³-hybridized carbons (Fsp3) is 0.185. The summed E-state index contributed by atoms with van der Waals surface area (Å²) < 4.78 is 5.39. The first-order valence-electron chi connectivity index (χ1n) is 10.2. The maximum absolute atomic E-state index is 13.1. The van der Waals surface area contributed by atoms with Crippen molar-refractivity contribution >= 4 is 11.5 Å². The Morgan fingerprint density at radius 1 is 1.06 bits per heavy atom. The van der Waals surface area contributed by atoms with Crippen molar-refractivity contribution in [1.29, 1.82) is 0 Å². The van der Waals surface area contributed by atoms with E-state index in [-0.39, 0.29) is 11.3 Å². The molecule has 0 unspecified atom stereocenters. The average Bonchev–Trinajstić information content (AvgIpc) is 2.77. The van der Waals surface area contributed by atoms with Gasteiger partial charge in [0.1, 0.15) is 5.75 Å². The molecule has 2 heterocycles. The summed E-state index contributed by atoms with van der Waals surface area (Å²) in [5, 5.41) is 3.51. The number of aromatic nitrogens is 1. The molecule has 1 N–H and O–H groups in total. The van der Waals surface area contributed by atoms with E-state index < -0.39 is 0 Å². The standard InChI is InChI=1S/C27H24N2O2/c1-27(2)18-22-9-10-23(31-3)16-24(22)25(29-27)17-26(30)21-6-4-5-20(15-21)8-7-19-11-13-28-14-12-19/h4-6,9-17,29H,18H2,1-3H3. The van der Waals surface area contributed by atoms with Gasteiger partial charge in [0.15, 0.2) is 5.78 Å². The SMILES string of the molecule is COc1ccc2c(c1)C(=CC(=O)c1cccc(C#Cc3ccncc3)c1)NC(C)(C)C2. The number of carbonyl (C=O) groups excluding carboxylic acids is 1. The molecular formula is C27H24N2O2. The van der Waals surface area contributed by atoms with Crippen molar-refractivity contribution < 1.29 is 9.53 Å². The molecule has 4 heteroatoms. The van der Waals surface area contributed by atoms with Crippen LogP contribution >= 0.6 is 0 Å². The fourth-order valence-electron chi connectivity index (χ4n) is 3.70. The zero-order valence-corrected chi connectivity index (χ0v) is 17.9. The first-order chi connectivity index (χ1) is 14.9. The van der Waals surface area contributed by atoms with Gasteiger partial charge in [-0.05, 0) is 62.2 Å². The lowest BCUT2D eigenvalue weighted by Crippen LogP contribution is -2.43. The van der Waals surface area contributed by atoms with Crippen LogP contribution in [0.15, 0.2) is 73.1 Å². The van der Waals surface area contributed by atoms with Gasteiger partial charge < -0.3 is 10.1 Å². The molecule has 154 valence electrons. The predicted octanol–water partition coefficient (Wildman–Crippen LogP) is 4.64. The minimum Gasteiger partial charge on any atom is -0.497 e. The molecule has 1 aromatic heterocycles. The first-order valence-corrected chi connectivity index (χ1v) is 10.2. The van der Waals surface area contributed by atoms with Crippen molar-refractivity contribution in [3.05, 3.63) is 101 Å². The summed E-state index contributed by atoms with van der Waals surface area (Å²) in [6.45, 7) is 4.27. The van der Waals surface area contributed by atoms with Gasteiger partial charge in [0, 0.05) is 52.0 Å². The third kappa shape index (κ3) is 4.84. The van der Waals surface area contributed by atoms with E-state index in [9.17, 15) is 4.79 Å². The third-order valence-electron chi connectivity index (χ3n) is 5.17. The second-order valence-electron chi connectivity index (χ2n) is 8.20. The Labute approximate surface area is 183 Å². The van der Waals surface area contributed by atoms with E-state index in [0.29, 0.717) is 5.56 Å². The van der Waals surface area contributed by atoms with Gasteiger partial charge in [-0.2, -0.15) is 0 Å². The number of ketones is 1. The van der Waals surface area contributed by atoms with Gasteiger partial charge in [-0.15, -0.1) is 0 Å². The van der Waals surface area contributed by atoms with Crippen LogP contribution in [-0.2, 0) is 6.42 Å². The molecule has 0 amide bonds. The molecule has 0 aliphatic carbocycles. The Morgan fingerprint density at radius 2 is 1.84 bits per heavy atom. The second kappa shape index (κ2) is 8.49. The number of carbonyl (C=O) groups is 1. The van der Waals surface area contributed by atoms with Gasteiger partial charge in [0.2, 0.25) is 0 Å². The Kier molecular flexibility index (Phi) is 5.60. The van der Waals surface area contributed by atoms with E-state index in [0.717, 1.165) is 34.6 Å². The highest BCUT2D eigenvalue weighted by molar-refractivity contribution is 6.08. The van der Waals surface area contributed by atoms with Crippen LogP contribution in [0.25, 0.3) is 5.70 Å². The van der Waals surface area contributed by atoms with E-state index in [1.165, 1.54) is 5.56 Å². The molecule has 0 atom stereocenters. The Morgan fingerprint density at radius 3 is 2.61 bits per heavy atom. The van der Waals surface area contributed by atoms with Crippen molar-refractivity contribution in [1.82, 2.24) is 10.3 Å². The number of benzene rings is 2. The van der Waals surface area contributed by atoms with E-state index in [2.05, 4.69) is 42.1 Å². The van der Waals surface area contributed by atoms with E-state index in [1.54, 1.807) is 25.6 Å². The molecule has 0 bridgehead atoms. The quantitative estimate of drug-likeness (QED) is 0.390. The van der Waals surface area contributed by atoms with Gasteiger partial charge in [0.05, 0.1) is 7.11 Å². The minimum atomic E-state index is -0.147. The van der Waals surface area contributed by atoms with Crippen LogP contribution in [-0.4, -0.2) is 23.4 Å². The molecular weight excluding hydrogens is 384 g/mol. The lowest BCUT2D eigenvalue weighted by atomic mass is 9.85. The van der Waals surface area contributed by atoms with Crippen molar-refractivity contribution in [3.63, 3.8) is 0 Å². The molecule has 31 heavy (non-hydrogen) atoms. The summed E-state index contributed by atoms with van der Waals surface area (Å²) in [6, 6.07) is 17.1. The Balaban J connectivity index is 1.66. The summed E-state index contributed by atoms with van der Waals surface area (Å²) in [6.07, 6.45) is 5.97. The number of methoxy groups -OCH3 is 1. The van der Waals surface area contributed by atoms with Gasteiger partial charge in [-0.25, -0.2) is 0 Å². The van der Waals surface area contributed by atoms with E-state index in [1.807, 2.05) is 48.5 Å².